The zero-order chi connectivity index (χ0) is 14.4. The van der Waals surface area contributed by atoms with Crippen molar-refractivity contribution >= 4 is 0 Å². The molecule has 2 unspecified atom stereocenters. The summed E-state index contributed by atoms with van der Waals surface area (Å²) >= 11 is 0. The van der Waals surface area contributed by atoms with E-state index in [-0.39, 0.29) is 6.04 Å². The molecule has 0 fully saturated rings. The van der Waals surface area contributed by atoms with Crippen LogP contribution in [0.5, 0.6) is 0 Å². The van der Waals surface area contributed by atoms with E-state index in [9.17, 15) is 0 Å². The second-order valence-corrected chi connectivity index (χ2v) is 5.72. The Balaban J connectivity index is 1.85. The summed E-state index contributed by atoms with van der Waals surface area (Å²) in [7, 11) is 1.76. The topological polar surface area (TPSA) is 38.5 Å². The van der Waals surface area contributed by atoms with Crippen LogP contribution in [0.4, 0.5) is 0 Å². The van der Waals surface area contributed by atoms with E-state index in [4.69, 9.17) is 10.5 Å². The first-order chi connectivity index (χ1) is 9.70. The SMILES string of the molecule is COCC1=CCN(CC(C)C(N)c2ccccc2)CC1. The first-order valence-electron chi connectivity index (χ1n) is 7.40. The van der Waals surface area contributed by atoms with Crippen LogP contribution in [0.1, 0.15) is 24.9 Å². The normalized spacial score (nSPS) is 19.4. The van der Waals surface area contributed by atoms with Gasteiger partial charge in [0.2, 0.25) is 0 Å². The molecule has 0 saturated carbocycles. The average Bonchev–Trinajstić information content (AvgIpc) is 2.49. The van der Waals surface area contributed by atoms with E-state index in [1.165, 1.54) is 11.1 Å². The van der Waals surface area contributed by atoms with Crippen molar-refractivity contribution in [3.8, 4) is 0 Å². The first kappa shape index (κ1) is 15.2. The molecule has 3 nitrogen and oxygen atoms in total. The lowest BCUT2D eigenvalue weighted by atomic mass is 9.94. The van der Waals surface area contributed by atoms with E-state index < -0.39 is 0 Å². The fourth-order valence-electron chi connectivity index (χ4n) is 2.76. The van der Waals surface area contributed by atoms with Crippen molar-refractivity contribution in [1.82, 2.24) is 4.90 Å². The van der Waals surface area contributed by atoms with Crippen molar-refractivity contribution in [2.75, 3.05) is 33.4 Å². The van der Waals surface area contributed by atoms with E-state index in [0.29, 0.717) is 5.92 Å². The van der Waals surface area contributed by atoms with Gasteiger partial charge in [0.15, 0.2) is 0 Å². The number of hydrogen-bond acceptors (Lipinski definition) is 3. The molecule has 1 aliphatic rings. The minimum Gasteiger partial charge on any atom is -0.380 e. The standard InChI is InChI=1S/C17H26N2O/c1-14(17(18)16-6-4-3-5-7-16)12-19-10-8-15(9-11-19)13-20-2/h3-8,14,17H,9-13,18H2,1-2H3. The van der Waals surface area contributed by atoms with Gasteiger partial charge in [0.1, 0.15) is 0 Å². The zero-order valence-electron chi connectivity index (χ0n) is 12.6. The maximum Gasteiger partial charge on any atom is 0.0673 e. The van der Waals surface area contributed by atoms with E-state index in [0.717, 1.165) is 32.7 Å². The summed E-state index contributed by atoms with van der Waals surface area (Å²) in [5.74, 6) is 0.453. The van der Waals surface area contributed by atoms with Gasteiger partial charge in [-0.15, -0.1) is 0 Å². The predicted octanol–water partition coefficient (Wildman–Crippen LogP) is 2.60. The van der Waals surface area contributed by atoms with Crippen molar-refractivity contribution in [2.45, 2.75) is 19.4 Å². The number of hydrogen-bond donors (Lipinski definition) is 1. The Morgan fingerprint density at radius 3 is 2.65 bits per heavy atom. The minimum atomic E-state index is 0.112. The maximum absolute atomic E-state index is 6.37. The number of nitrogens with two attached hydrogens (primary N) is 1. The largest absolute Gasteiger partial charge is 0.380 e. The fraction of sp³-hybridized carbons (Fsp3) is 0.529. The highest BCUT2D eigenvalue weighted by atomic mass is 16.5. The average molecular weight is 274 g/mol. The molecule has 1 aliphatic heterocycles. The van der Waals surface area contributed by atoms with Crippen LogP contribution in [-0.2, 0) is 4.74 Å². The molecule has 0 radical (unpaired) electrons. The van der Waals surface area contributed by atoms with Crippen LogP contribution in [0.2, 0.25) is 0 Å². The summed E-state index contributed by atoms with van der Waals surface area (Å²) in [4.78, 5) is 2.48. The maximum atomic E-state index is 6.37. The van der Waals surface area contributed by atoms with E-state index >= 15 is 0 Å². The highest BCUT2D eigenvalue weighted by molar-refractivity contribution is 5.19. The smallest absolute Gasteiger partial charge is 0.0673 e. The van der Waals surface area contributed by atoms with Gasteiger partial charge in [-0.1, -0.05) is 43.3 Å². The quantitative estimate of drug-likeness (QED) is 0.810. The fourth-order valence-corrected chi connectivity index (χ4v) is 2.76. The second-order valence-electron chi connectivity index (χ2n) is 5.72. The molecular formula is C17H26N2O. The summed E-state index contributed by atoms with van der Waals surface area (Å²) < 4.78 is 5.19. The number of rotatable bonds is 6. The van der Waals surface area contributed by atoms with Crippen LogP contribution in [0.3, 0.4) is 0 Å². The Kier molecular flexibility index (Phi) is 5.77. The van der Waals surface area contributed by atoms with Crippen LogP contribution in [0, 0.1) is 5.92 Å². The lowest BCUT2D eigenvalue weighted by molar-refractivity contribution is 0.201. The third kappa shape index (κ3) is 4.17. The van der Waals surface area contributed by atoms with Crippen LogP contribution in [0.15, 0.2) is 42.0 Å². The minimum absolute atomic E-state index is 0.112. The molecule has 1 aromatic carbocycles. The third-order valence-electron chi connectivity index (χ3n) is 4.06. The van der Waals surface area contributed by atoms with Crippen LogP contribution in [0.25, 0.3) is 0 Å². The summed E-state index contributed by atoms with van der Waals surface area (Å²) in [6.45, 7) is 6.19. The summed E-state index contributed by atoms with van der Waals surface area (Å²) in [6, 6.07) is 10.5. The van der Waals surface area contributed by atoms with Crippen LogP contribution in [-0.4, -0.2) is 38.3 Å². The molecule has 3 heteroatoms. The van der Waals surface area contributed by atoms with Gasteiger partial charge in [0.25, 0.3) is 0 Å². The molecular weight excluding hydrogens is 248 g/mol. The molecule has 2 atom stereocenters. The van der Waals surface area contributed by atoms with Crippen LogP contribution >= 0.6 is 0 Å². The molecule has 2 rings (SSSR count). The second kappa shape index (κ2) is 7.58. The molecule has 2 N–H and O–H groups in total. The highest BCUT2D eigenvalue weighted by Crippen LogP contribution is 2.21. The molecule has 1 aromatic rings. The lowest BCUT2D eigenvalue weighted by Crippen LogP contribution is -2.36. The van der Waals surface area contributed by atoms with Gasteiger partial charge in [0, 0.05) is 32.8 Å². The monoisotopic (exact) mass is 274 g/mol. The van der Waals surface area contributed by atoms with Crippen molar-refractivity contribution in [2.24, 2.45) is 11.7 Å². The Bertz CT molecular complexity index is 430. The van der Waals surface area contributed by atoms with Gasteiger partial charge >= 0.3 is 0 Å². The van der Waals surface area contributed by atoms with Crippen molar-refractivity contribution < 1.29 is 4.74 Å². The molecule has 20 heavy (non-hydrogen) atoms. The van der Waals surface area contributed by atoms with Crippen molar-refractivity contribution in [1.29, 1.82) is 0 Å². The van der Waals surface area contributed by atoms with Gasteiger partial charge < -0.3 is 10.5 Å². The van der Waals surface area contributed by atoms with Gasteiger partial charge in [-0.3, -0.25) is 4.90 Å². The Labute approximate surface area is 122 Å². The summed E-state index contributed by atoms with van der Waals surface area (Å²) in [5, 5.41) is 0. The lowest BCUT2D eigenvalue weighted by Gasteiger charge is -2.31. The Morgan fingerprint density at radius 1 is 1.30 bits per heavy atom. The van der Waals surface area contributed by atoms with Gasteiger partial charge in [-0.05, 0) is 23.5 Å². The number of nitrogens with zero attached hydrogens (tertiary/aromatic N) is 1. The van der Waals surface area contributed by atoms with Crippen molar-refractivity contribution in [3.05, 3.63) is 47.5 Å². The summed E-state index contributed by atoms with van der Waals surface area (Å²) in [6.07, 6.45) is 3.41. The Hall–Kier alpha value is -1.16. The molecule has 110 valence electrons. The van der Waals surface area contributed by atoms with Gasteiger partial charge in [0.05, 0.1) is 6.61 Å². The van der Waals surface area contributed by atoms with E-state index in [1.54, 1.807) is 7.11 Å². The zero-order valence-corrected chi connectivity index (χ0v) is 12.6. The highest BCUT2D eigenvalue weighted by Gasteiger charge is 2.19. The van der Waals surface area contributed by atoms with E-state index in [2.05, 4.69) is 42.2 Å². The number of ether oxygens (including phenoxy) is 1. The summed E-state index contributed by atoms with van der Waals surface area (Å²) in [5.41, 5.74) is 9.02. The third-order valence-corrected chi connectivity index (χ3v) is 4.06. The number of benzene rings is 1. The Morgan fingerprint density at radius 2 is 2.05 bits per heavy atom. The van der Waals surface area contributed by atoms with E-state index in [1.807, 2.05) is 6.07 Å². The predicted molar refractivity (Wildman–Crippen MR) is 83.6 cm³/mol. The molecule has 0 saturated heterocycles. The van der Waals surface area contributed by atoms with Crippen LogP contribution < -0.4 is 5.73 Å². The molecule has 0 aromatic heterocycles. The molecule has 0 bridgehead atoms. The molecule has 0 amide bonds. The molecule has 0 aliphatic carbocycles. The van der Waals surface area contributed by atoms with Gasteiger partial charge in [-0.25, -0.2) is 0 Å². The van der Waals surface area contributed by atoms with Crippen molar-refractivity contribution in [3.63, 3.8) is 0 Å². The molecule has 0 spiro atoms. The first-order valence-corrected chi connectivity index (χ1v) is 7.40. The molecule has 1 heterocycles. The van der Waals surface area contributed by atoms with Gasteiger partial charge in [-0.2, -0.15) is 0 Å². The number of methoxy groups -OCH3 is 1.